The topological polar surface area (TPSA) is 155 Å². The first-order chi connectivity index (χ1) is 37.2. The molecule has 0 amide bonds. The van der Waals surface area contributed by atoms with Gasteiger partial charge in [0, 0.05) is 19.3 Å². The highest BCUT2D eigenvalue weighted by Gasteiger charge is 2.28. The summed E-state index contributed by atoms with van der Waals surface area (Å²) in [5.74, 6) is -1.49. The maximum atomic E-state index is 12.9. The van der Waals surface area contributed by atoms with E-state index >= 15 is 0 Å². The second-order valence-corrected chi connectivity index (χ2v) is 21.9. The van der Waals surface area contributed by atoms with Crippen molar-refractivity contribution in [2.45, 2.75) is 290 Å². The third-order valence-corrected chi connectivity index (χ3v) is 14.0. The molecule has 0 rings (SSSR count). The SMILES string of the molecule is CC/C=C\C/C=C\C/C=C\CCCCCCCC(=O)OC(COC(=O)CCCCCCCCCCC/C=C\C/C=C\CCCCC)COP(=O)(O)OCC(CO)OC(=O)CCCCCCC/C=C\CCCCCCCC. The van der Waals surface area contributed by atoms with Gasteiger partial charge in [0.05, 0.1) is 19.8 Å². The number of carbonyl (C=O) groups is 3. The Labute approximate surface area is 465 Å². The average molecular weight is 1090 g/mol. The molecule has 0 bridgehead atoms. The molecule has 0 spiro atoms. The number of phosphoric ester groups is 1. The predicted molar refractivity (Wildman–Crippen MR) is 316 cm³/mol. The van der Waals surface area contributed by atoms with E-state index in [1.807, 2.05) is 0 Å². The Morgan fingerprint density at radius 3 is 1.09 bits per heavy atom. The van der Waals surface area contributed by atoms with Gasteiger partial charge in [-0.2, -0.15) is 0 Å². The van der Waals surface area contributed by atoms with Gasteiger partial charge in [0.2, 0.25) is 0 Å². The zero-order chi connectivity index (χ0) is 55.5. The van der Waals surface area contributed by atoms with Crippen LogP contribution in [0.3, 0.4) is 0 Å². The van der Waals surface area contributed by atoms with Crippen molar-refractivity contribution in [3.63, 3.8) is 0 Å². The molecule has 0 aromatic carbocycles. The molecule has 0 radical (unpaired) electrons. The van der Waals surface area contributed by atoms with Gasteiger partial charge in [-0.15, -0.1) is 0 Å². The molecule has 0 aliphatic heterocycles. The zero-order valence-electron chi connectivity index (χ0n) is 48.7. The maximum Gasteiger partial charge on any atom is 0.472 e. The normalized spacial score (nSPS) is 13.8. The van der Waals surface area contributed by atoms with Gasteiger partial charge in [0.25, 0.3) is 0 Å². The number of rotatable bonds is 57. The molecule has 3 unspecified atom stereocenters. The third kappa shape index (κ3) is 55.7. The van der Waals surface area contributed by atoms with Crippen LogP contribution >= 0.6 is 7.82 Å². The van der Waals surface area contributed by atoms with Gasteiger partial charge < -0.3 is 24.2 Å². The van der Waals surface area contributed by atoms with Crippen LogP contribution in [0.5, 0.6) is 0 Å². The largest absolute Gasteiger partial charge is 0.472 e. The summed E-state index contributed by atoms with van der Waals surface area (Å²) < 4.78 is 39.6. The quantitative estimate of drug-likeness (QED) is 0.0197. The van der Waals surface area contributed by atoms with Crippen LogP contribution in [0.25, 0.3) is 0 Å². The van der Waals surface area contributed by atoms with Crippen LogP contribution in [0, 0.1) is 0 Å². The molecule has 440 valence electrons. The Hall–Kier alpha value is -3.08. The van der Waals surface area contributed by atoms with E-state index in [-0.39, 0.29) is 25.9 Å². The van der Waals surface area contributed by atoms with Crippen molar-refractivity contribution in [1.82, 2.24) is 0 Å². The second kappa shape index (κ2) is 58.1. The predicted octanol–water partition coefficient (Wildman–Crippen LogP) is 18.5. The van der Waals surface area contributed by atoms with Crippen molar-refractivity contribution in [2.75, 3.05) is 26.4 Å². The molecule has 0 saturated heterocycles. The summed E-state index contributed by atoms with van der Waals surface area (Å²) in [6, 6.07) is 0. The lowest BCUT2D eigenvalue weighted by Crippen LogP contribution is -2.30. The van der Waals surface area contributed by atoms with Crippen LogP contribution < -0.4 is 0 Å². The average Bonchev–Trinajstić information content (AvgIpc) is 3.41. The van der Waals surface area contributed by atoms with Crippen molar-refractivity contribution in [3.05, 3.63) is 72.9 Å². The molecule has 0 heterocycles. The first-order valence-corrected chi connectivity index (χ1v) is 32.3. The summed E-state index contributed by atoms with van der Waals surface area (Å²) in [7, 11) is -4.76. The van der Waals surface area contributed by atoms with Crippen LogP contribution in [0.4, 0.5) is 0 Å². The van der Waals surface area contributed by atoms with Crippen molar-refractivity contribution < 1.29 is 52.2 Å². The molecule has 0 aromatic rings. The van der Waals surface area contributed by atoms with Crippen molar-refractivity contribution in [1.29, 1.82) is 0 Å². The summed E-state index contributed by atoms with van der Waals surface area (Å²) in [6.45, 7) is 4.50. The zero-order valence-corrected chi connectivity index (χ0v) is 49.6. The Kier molecular flexibility index (Phi) is 55.7. The number of aliphatic hydroxyl groups excluding tert-OH is 1. The summed E-state index contributed by atoms with van der Waals surface area (Å²) in [6.07, 6.45) is 65.6. The van der Waals surface area contributed by atoms with E-state index in [0.29, 0.717) is 19.3 Å². The molecule has 0 aliphatic carbocycles. The highest BCUT2D eigenvalue weighted by Crippen LogP contribution is 2.43. The summed E-state index contributed by atoms with van der Waals surface area (Å²) in [5, 5.41) is 9.83. The molecule has 0 fully saturated rings. The molecule has 0 aliphatic rings. The van der Waals surface area contributed by atoms with Crippen LogP contribution in [0.2, 0.25) is 0 Å². The van der Waals surface area contributed by atoms with Gasteiger partial charge in [-0.25, -0.2) is 4.57 Å². The second-order valence-electron chi connectivity index (χ2n) is 20.5. The Morgan fingerprint density at radius 2 is 0.684 bits per heavy atom. The molecule has 2 N–H and O–H groups in total. The first kappa shape index (κ1) is 72.9. The smallest absolute Gasteiger partial charge is 0.462 e. The van der Waals surface area contributed by atoms with E-state index in [1.165, 1.54) is 96.3 Å². The Balaban J connectivity index is 4.72. The number of phosphoric acid groups is 1. The standard InChI is InChI=1S/C64H113O11P/c1-4-7-10-13-16-19-22-25-28-29-30-31-34-35-38-41-44-47-50-53-62(66)71-57-61(75-64(68)55-52-49-46-43-40-37-33-27-24-21-18-15-12-9-6-3)59-73-76(69,70)72-58-60(56-65)74-63(67)54-51-48-45-42-39-36-32-26-23-20-17-14-11-8-5-2/h9,12,16,18-19,21,25-28,32-33,60-61,65H,4-8,10-11,13-15,17,20,22-24,29-31,34-59H2,1-3H3,(H,69,70)/b12-9-,19-16-,21-18-,28-25-,32-26-,33-27-. The van der Waals surface area contributed by atoms with Crippen molar-refractivity contribution >= 4 is 25.7 Å². The van der Waals surface area contributed by atoms with Crippen LogP contribution in [0.15, 0.2) is 72.9 Å². The van der Waals surface area contributed by atoms with Crippen LogP contribution in [-0.2, 0) is 42.2 Å². The number of hydrogen-bond acceptors (Lipinski definition) is 10. The Morgan fingerprint density at radius 1 is 0.382 bits per heavy atom. The third-order valence-electron chi connectivity index (χ3n) is 13.1. The molecule has 0 aromatic heterocycles. The maximum absolute atomic E-state index is 12.9. The lowest BCUT2D eigenvalue weighted by atomic mass is 10.1. The van der Waals surface area contributed by atoms with E-state index in [4.69, 9.17) is 23.3 Å². The van der Waals surface area contributed by atoms with Crippen LogP contribution in [0.1, 0.15) is 278 Å². The van der Waals surface area contributed by atoms with E-state index in [0.717, 1.165) is 122 Å². The summed E-state index contributed by atoms with van der Waals surface area (Å²) in [5.41, 5.74) is 0. The lowest BCUT2D eigenvalue weighted by molar-refractivity contribution is -0.161. The van der Waals surface area contributed by atoms with E-state index in [1.54, 1.807) is 0 Å². The van der Waals surface area contributed by atoms with Crippen molar-refractivity contribution in [3.8, 4) is 0 Å². The molecule has 12 heteroatoms. The number of esters is 3. The fraction of sp³-hybridized carbons (Fsp3) is 0.766. The minimum atomic E-state index is -4.76. The fourth-order valence-corrected chi connectivity index (χ4v) is 9.18. The minimum absolute atomic E-state index is 0.146. The van der Waals surface area contributed by atoms with Crippen molar-refractivity contribution in [2.24, 2.45) is 0 Å². The number of allylic oxidation sites excluding steroid dienone is 12. The van der Waals surface area contributed by atoms with E-state index in [2.05, 4.69) is 93.7 Å². The van der Waals surface area contributed by atoms with Gasteiger partial charge in [0.1, 0.15) is 12.7 Å². The number of unbranched alkanes of at least 4 members (excludes halogenated alkanes) is 28. The number of ether oxygens (including phenoxy) is 3. The molecule has 11 nitrogen and oxygen atoms in total. The van der Waals surface area contributed by atoms with Crippen LogP contribution in [-0.4, -0.2) is 66.5 Å². The number of aliphatic hydroxyl groups is 1. The molecule has 3 atom stereocenters. The van der Waals surface area contributed by atoms with Gasteiger partial charge >= 0.3 is 25.7 Å². The first-order valence-electron chi connectivity index (χ1n) is 30.8. The van der Waals surface area contributed by atoms with E-state index in [9.17, 15) is 28.9 Å². The van der Waals surface area contributed by atoms with Gasteiger partial charge in [-0.1, -0.05) is 222 Å². The molecular weight excluding hydrogens is 976 g/mol. The van der Waals surface area contributed by atoms with Gasteiger partial charge in [-0.05, 0) is 109 Å². The monoisotopic (exact) mass is 1090 g/mol. The molecular formula is C64H113O11P. The Bertz CT molecular complexity index is 1550. The number of hydrogen-bond donors (Lipinski definition) is 2. The molecule has 0 saturated carbocycles. The minimum Gasteiger partial charge on any atom is -0.462 e. The summed E-state index contributed by atoms with van der Waals surface area (Å²) >= 11 is 0. The van der Waals surface area contributed by atoms with Gasteiger partial charge in [0.15, 0.2) is 6.10 Å². The highest BCUT2D eigenvalue weighted by atomic mass is 31.2. The van der Waals surface area contributed by atoms with Gasteiger partial charge in [-0.3, -0.25) is 23.4 Å². The molecule has 76 heavy (non-hydrogen) atoms. The lowest BCUT2D eigenvalue weighted by Gasteiger charge is -2.21. The summed E-state index contributed by atoms with van der Waals surface area (Å²) in [4.78, 5) is 48.7. The highest BCUT2D eigenvalue weighted by molar-refractivity contribution is 7.47. The van der Waals surface area contributed by atoms with E-state index < -0.39 is 57.8 Å². The fourth-order valence-electron chi connectivity index (χ4n) is 8.40. The number of carbonyl (C=O) groups excluding carboxylic acids is 3.